The summed E-state index contributed by atoms with van der Waals surface area (Å²) in [5.74, 6) is -0.141. The topological polar surface area (TPSA) is 29.3 Å². The molecule has 18 heavy (non-hydrogen) atoms. The molecule has 0 radical (unpaired) electrons. The van der Waals surface area contributed by atoms with Crippen molar-refractivity contribution in [1.82, 2.24) is 0 Å². The fraction of sp³-hybridized carbons (Fsp3) is 0.600. The molecule has 0 saturated carbocycles. The first-order valence-electron chi connectivity index (χ1n) is 7.04. The monoisotopic (exact) mass is 250 g/mol. The van der Waals surface area contributed by atoms with Crippen molar-refractivity contribution < 1.29 is 4.39 Å². The molecule has 1 aliphatic heterocycles. The third-order valence-corrected chi connectivity index (χ3v) is 3.60. The van der Waals surface area contributed by atoms with Gasteiger partial charge in [0.05, 0.1) is 0 Å². The third kappa shape index (κ3) is 3.70. The molecule has 100 valence electrons. The Morgan fingerprint density at radius 1 is 1.00 bits per heavy atom. The van der Waals surface area contributed by atoms with Gasteiger partial charge >= 0.3 is 0 Å². The van der Waals surface area contributed by atoms with E-state index in [1.165, 1.54) is 32.1 Å². The highest BCUT2D eigenvalue weighted by Crippen LogP contribution is 2.22. The van der Waals surface area contributed by atoms with Crippen LogP contribution in [0.4, 0.5) is 10.1 Å². The summed E-state index contributed by atoms with van der Waals surface area (Å²) in [6.45, 7) is 2.67. The number of halogens is 1. The first-order valence-corrected chi connectivity index (χ1v) is 7.04. The zero-order chi connectivity index (χ0) is 12.8. The molecule has 2 N–H and O–H groups in total. The minimum absolute atomic E-state index is 0.141. The van der Waals surface area contributed by atoms with Crippen molar-refractivity contribution in [3.8, 4) is 0 Å². The number of hydrogen-bond acceptors (Lipinski definition) is 2. The van der Waals surface area contributed by atoms with Gasteiger partial charge in [-0.1, -0.05) is 19.3 Å². The van der Waals surface area contributed by atoms with E-state index in [9.17, 15) is 4.39 Å². The predicted octanol–water partition coefficient (Wildman–Crippen LogP) is 3.10. The molecule has 2 nitrogen and oxygen atoms in total. The van der Waals surface area contributed by atoms with Crippen molar-refractivity contribution in [2.75, 3.05) is 24.5 Å². The van der Waals surface area contributed by atoms with Crippen molar-refractivity contribution in [2.45, 2.75) is 38.5 Å². The van der Waals surface area contributed by atoms with Crippen LogP contribution in [0.25, 0.3) is 0 Å². The molecule has 1 aliphatic rings. The molecule has 0 aromatic heterocycles. The molecule has 3 heteroatoms. The Morgan fingerprint density at radius 3 is 2.33 bits per heavy atom. The number of nitrogens with zero attached hydrogens (tertiary/aromatic N) is 1. The highest BCUT2D eigenvalue weighted by Gasteiger charge is 2.11. The van der Waals surface area contributed by atoms with Crippen LogP contribution in [0.15, 0.2) is 18.2 Å². The smallest absolute Gasteiger partial charge is 0.125 e. The fourth-order valence-corrected chi connectivity index (χ4v) is 2.63. The SMILES string of the molecule is NCCc1cc(F)cc(N2CCCCCCC2)c1. The van der Waals surface area contributed by atoms with Gasteiger partial charge in [0, 0.05) is 18.8 Å². The molecule has 0 aliphatic carbocycles. The second-order valence-electron chi connectivity index (χ2n) is 5.11. The van der Waals surface area contributed by atoms with Crippen LogP contribution in [-0.4, -0.2) is 19.6 Å². The van der Waals surface area contributed by atoms with Crippen molar-refractivity contribution in [3.05, 3.63) is 29.6 Å². The number of rotatable bonds is 3. The molecule has 1 fully saturated rings. The van der Waals surface area contributed by atoms with E-state index in [1.54, 1.807) is 12.1 Å². The number of nitrogens with two attached hydrogens (primary N) is 1. The highest BCUT2D eigenvalue weighted by molar-refractivity contribution is 5.49. The van der Waals surface area contributed by atoms with E-state index >= 15 is 0 Å². The molecule has 0 atom stereocenters. The quantitative estimate of drug-likeness (QED) is 0.893. The van der Waals surface area contributed by atoms with E-state index in [-0.39, 0.29) is 5.82 Å². The van der Waals surface area contributed by atoms with Crippen molar-refractivity contribution in [3.63, 3.8) is 0 Å². The number of hydrogen-bond donors (Lipinski definition) is 1. The van der Waals surface area contributed by atoms with Gasteiger partial charge in [0.15, 0.2) is 0 Å². The molecule has 1 aromatic carbocycles. The zero-order valence-corrected chi connectivity index (χ0v) is 11.0. The van der Waals surface area contributed by atoms with Crippen LogP contribution in [0.5, 0.6) is 0 Å². The van der Waals surface area contributed by atoms with Gasteiger partial charge in [-0.15, -0.1) is 0 Å². The van der Waals surface area contributed by atoms with E-state index in [0.717, 1.165) is 30.8 Å². The van der Waals surface area contributed by atoms with Gasteiger partial charge in [0.1, 0.15) is 5.82 Å². The summed E-state index contributed by atoms with van der Waals surface area (Å²) in [6, 6.07) is 5.35. The zero-order valence-electron chi connectivity index (χ0n) is 11.0. The van der Waals surface area contributed by atoms with Crippen LogP contribution in [0.3, 0.4) is 0 Å². The fourth-order valence-electron chi connectivity index (χ4n) is 2.63. The maximum atomic E-state index is 13.6. The van der Waals surface area contributed by atoms with Gasteiger partial charge in [-0.05, 0) is 49.6 Å². The summed E-state index contributed by atoms with van der Waals surface area (Å²) in [5, 5.41) is 0. The van der Waals surface area contributed by atoms with Crippen LogP contribution in [-0.2, 0) is 6.42 Å². The average Bonchev–Trinajstić information content (AvgIpc) is 2.27. The van der Waals surface area contributed by atoms with E-state index < -0.39 is 0 Å². The van der Waals surface area contributed by atoms with Gasteiger partial charge < -0.3 is 10.6 Å². The van der Waals surface area contributed by atoms with Gasteiger partial charge in [-0.2, -0.15) is 0 Å². The Morgan fingerprint density at radius 2 is 1.67 bits per heavy atom. The maximum absolute atomic E-state index is 13.6. The summed E-state index contributed by atoms with van der Waals surface area (Å²) >= 11 is 0. The molecule has 1 aromatic rings. The van der Waals surface area contributed by atoms with Gasteiger partial charge in [0.2, 0.25) is 0 Å². The molecular formula is C15H23FN2. The highest BCUT2D eigenvalue weighted by atomic mass is 19.1. The van der Waals surface area contributed by atoms with Crippen LogP contribution < -0.4 is 10.6 Å². The van der Waals surface area contributed by atoms with Crippen LogP contribution in [0.2, 0.25) is 0 Å². The normalized spacial score (nSPS) is 17.3. The van der Waals surface area contributed by atoms with Gasteiger partial charge in [0.25, 0.3) is 0 Å². The molecule has 2 rings (SSSR count). The lowest BCUT2D eigenvalue weighted by Crippen LogP contribution is -2.27. The Kier molecular flexibility index (Phi) is 5.00. The van der Waals surface area contributed by atoms with E-state index in [1.807, 2.05) is 0 Å². The second-order valence-corrected chi connectivity index (χ2v) is 5.11. The Labute approximate surface area is 109 Å². The van der Waals surface area contributed by atoms with E-state index in [0.29, 0.717) is 6.54 Å². The largest absolute Gasteiger partial charge is 0.371 e. The standard InChI is InChI=1S/C15H23FN2/c16-14-10-13(6-7-17)11-15(12-14)18-8-4-2-1-3-5-9-18/h10-12H,1-9,17H2. The molecular weight excluding hydrogens is 227 g/mol. The molecule has 0 unspecified atom stereocenters. The van der Waals surface area contributed by atoms with Crippen LogP contribution >= 0.6 is 0 Å². The van der Waals surface area contributed by atoms with E-state index in [2.05, 4.69) is 11.0 Å². The summed E-state index contributed by atoms with van der Waals surface area (Å²) in [7, 11) is 0. The van der Waals surface area contributed by atoms with Crippen molar-refractivity contribution in [2.24, 2.45) is 5.73 Å². The van der Waals surface area contributed by atoms with Crippen LogP contribution in [0, 0.1) is 5.82 Å². The second kappa shape index (κ2) is 6.74. The molecule has 1 heterocycles. The number of benzene rings is 1. The number of anilines is 1. The summed E-state index contributed by atoms with van der Waals surface area (Å²) in [5.41, 5.74) is 7.59. The average molecular weight is 250 g/mol. The van der Waals surface area contributed by atoms with Gasteiger partial charge in [-0.25, -0.2) is 4.39 Å². The molecule has 0 spiro atoms. The first-order chi connectivity index (χ1) is 8.79. The van der Waals surface area contributed by atoms with Crippen molar-refractivity contribution in [1.29, 1.82) is 0 Å². The maximum Gasteiger partial charge on any atom is 0.125 e. The lowest BCUT2D eigenvalue weighted by molar-refractivity contribution is 0.554. The summed E-state index contributed by atoms with van der Waals surface area (Å²) in [4.78, 5) is 2.32. The van der Waals surface area contributed by atoms with Crippen LogP contribution in [0.1, 0.15) is 37.7 Å². The van der Waals surface area contributed by atoms with Gasteiger partial charge in [-0.3, -0.25) is 0 Å². The predicted molar refractivity (Wildman–Crippen MR) is 74.5 cm³/mol. The minimum atomic E-state index is -0.141. The summed E-state index contributed by atoms with van der Waals surface area (Å²) in [6.07, 6.45) is 7.10. The Hall–Kier alpha value is -1.09. The molecule has 0 amide bonds. The first kappa shape index (κ1) is 13.3. The Balaban J connectivity index is 2.14. The lowest BCUT2D eigenvalue weighted by Gasteiger charge is -2.27. The molecule has 1 saturated heterocycles. The van der Waals surface area contributed by atoms with Crippen molar-refractivity contribution >= 4 is 5.69 Å². The minimum Gasteiger partial charge on any atom is -0.371 e. The third-order valence-electron chi connectivity index (χ3n) is 3.60. The summed E-state index contributed by atoms with van der Waals surface area (Å²) < 4.78 is 13.6. The lowest BCUT2D eigenvalue weighted by atomic mass is 10.1. The molecule has 0 bridgehead atoms. The Bertz CT molecular complexity index is 371. The van der Waals surface area contributed by atoms with E-state index in [4.69, 9.17) is 5.73 Å².